The summed E-state index contributed by atoms with van der Waals surface area (Å²) in [5.74, 6) is 0.855. The summed E-state index contributed by atoms with van der Waals surface area (Å²) in [7, 11) is 0. The number of carbonyl (C=O) groups excluding carboxylic acids is 1. The molecule has 3 rings (SSSR count). The highest BCUT2D eigenvalue weighted by Gasteiger charge is 2.36. The molecule has 1 aromatic carbocycles. The molecular weight excluding hydrogens is 302 g/mol. The maximum absolute atomic E-state index is 12.4. The van der Waals surface area contributed by atoms with E-state index in [1.54, 1.807) is 0 Å². The standard InChI is InChI=1S/C20H27NO3/c1-15-7-12-24-20(13-15)8-10-21(11-9-20)19(22)14-23-18-6-4-5-16(2)17(18)3/h4-6,13H,7-12,14H2,1-3H3. The van der Waals surface area contributed by atoms with Crippen LogP contribution in [0.4, 0.5) is 0 Å². The number of ether oxygens (including phenoxy) is 2. The second-order valence-corrected chi connectivity index (χ2v) is 7.02. The summed E-state index contributed by atoms with van der Waals surface area (Å²) in [5, 5.41) is 0. The van der Waals surface area contributed by atoms with Crippen molar-refractivity contribution in [3.05, 3.63) is 41.0 Å². The molecule has 1 spiro atoms. The highest BCUT2D eigenvalue weighted by Crippen LogP contribution is 2.33. The smallest absolute Gasteiger partial charge is 0.260 e. The van der Waals surface area contributed by atoms with E-state index in [9.17, 15) is 4.79 Å². The quantitative estimate of drug-likeness (QED) is 0.798. The Labute approximate surface area is 144 Å². The number of hydrogen-bond donors (Lipinski definition) is 0. The zero-order valence-corrected chi connectivity index (χ0v) is 14.9. The van der Waals surface area contributed by atoms with Crippen LogP contribution in [-0.4, -0.2) is 42.7 Å². The number of aryl methyl sites for hydroxylation is 1. The Kier molecular flexibility index (Phi) is 4.95. The molecule has 2 aliphatic heterocycles. The third-order valence-electron chi connectivity index (χ3n) is 5.26. The van der Waals surface area contributed by atoms with Crippen LogP contribution in [0.2, 0.25) is 0 Å². The van der Waals surface area contributed by atoms with Crippen molar-refractivity contribution >= 4 is 5.91 Å². The molecule has 2 heterocycles. The lowest BCUT2D eigenvalue weighted by atomic mass is 9.87. The summed E-state index contributed by atoms with van der Waals surface area (Å²) in [6.07, 6.45) is 5.04. The molecule has 0 aromatic heterocycles. The molecule has 0 radical (unpaired) electrons. The van der Waals surface area contributed by atoms with Crippen LogP contribution in [0.1, 0.15) is 37.3 Å². The van der Waals surface area contributed by atoms with Crippen molar-refractivity contribution in [1.29, 1.82) is 0 Å². The van der Waals surface area contributed by atoms with E-state index < -0.39 is 0 Å². The summed E-state index contributed by atoms with van der Waals surface area (Å²) < 4.78 is 11.8. The lowest BCUT2D eigenvalue weighted by Crippen LogP contribution is -2.49. The van der Waals surface area contributed by atoms with Crippen LogP contribution in [0.3, 0.4) is 0 Å². The van der Waals surface area contributed by atoms with Crippen LogP contribution in [0, 0.1) is 13.8 Å². The summed E-state index contributed by atoms with van der Waals surface area (Å²) in [4.78, 5) is 14.3. The fraction of sp³-hybridized carbons (Fsp3) is 0.550. The molecule has 0 bridgehead atoms. The number of benzene rings is 1. The molecule has 1 fully saturated rings. The monoisotopic (exact) mass is 329 g/mol. The van der Waals surface area contributed by atoms with E-state index in [1.165, 1.54) is 11.1 Å². The zero-order valence-electron chi connectivity index (χ0n) is 14.9. The minimum atomic E-state index is -0.146. The Balaban J connectivity index is 1.54. The van der Waals surface area contributed by atoms with Crippen molar-refractivity contribution in [1.82, 2.24) is 4.90 Å². The molecule has 4 heteroatoms. The molecule has 0 N–H and O–H groups in total. The van der Waals surface area contributed by atoms with Crippen molar-refractivity contribution < 1.29 is 14.3 Å². The van der Waals surface area contributed by atoms with Gasteiger partial charge < -0.3 is 14.4 Å². The van der Waals surface area contributed by atoms with E-state index in [0.717, 1.165) is 50.3 Å². The van der Waals surface area contributed by atoms with Crippen molar-refractivity contribution in [2.24, 2.45) is 0 Å². The number of nitrogens with zero attached hydrogens (tertiary/aromatic N) is 1. The second-order valence-electron chi connectivity index (χ2n) is 7.02. The molecule has 0 atom stereocenters. The van der Waals surface area contributed by atoms with Crippen molar-refractivity contribution in [3.63, 3.8) is 0 Å². The molecule has 0 aliphatic carbocycles. The molecule has 1 aromatic rings. The molecule has 1 saturated heterocycles. The molecule has 24 heavy (non-hydrogen) atoms. The fourth-order valence-electron chi connectivity index (χ4n) is 3.51. The Morgan fingerprint density at radius 3 is 2.71 bits per heavy atom. The van der Waals surface area contributed by atoms with Gasteiger partial charge in [-0.2, -0.15) is 0 Å². The minimum Gasteiger partial charge on any atom is -0.483 e. The number of piperidine rings is 1. The van der Waals surface area contributed by atoms with Gasteiger partial charge in [0.2, 0.25) is 0 Å². The molecule has 0 unspecified atom stereocenters. The van der Waals surface area contributed by atoms with Crippen LogP contribution < -0.4 is 4.74 Å². The van der Waals surface area contributed by atoms with E-state index in [1.807, 2.05) is 36.9 Å². The predicted molar refractivity (Wildman–Crippen MR) is 94.3 cm³/mol. The Bertz CT molecular complexity index is 642. The second kappa shape index (κ2) is 6.98. The van der Waals surface area contributed by atoms with Gasteiger partial charge in [-0.15, -0.1) is 0 Å². The average molecular weight is 329 g/mol. The van der Waals surface area contributed by atoms with E-state index >= 15 is 0 Å². The van der Waals surface area contributed by atoms with Gasteiger partial charge in [-0.1, -0.05) is 23.8 Å². The highest BCUT2D eigenvalue weighted by atomic mass is 16.5. The number of hydrogen-bond acceptors (Lipinski definition) is 3. The van der Waals surface area contributed by atoms with Gasteiger partial charge in [0.25, 0.3) is 5.91 Å². The third kappa shape index (κ3) is 3.64. The van der Waals surface area contributed by atoms with Crippen LogP contribution in [-0.2, 0) is 9.53 Å². The summed E-state index contributed by atoms with van der Waals surface area (Å²) in [6, 6.07) is 5.93. The maximum Gasteiger partial charge on any atom is 0.260 e. The number of amides is 1. The third-order valence-corrected chi connectivity index (χ3v) is 5.26. The van der Waals surface area contributed by atoms with E-state index in [0.29, 0.717) is 0 Å². The van der Waals surface area contributed by atoms with E-state index in [2.05, 4.69) is 13.0 Å². The van der Waals surface area contributed by atoms with Gasteiger partial charge >= 0.3 is 0 Å². The summed E-state index contributed by atoms with van der Waals surface area (Å²) in [6.45, 7) is 8.61. The van der Waals surface area contributed by atoms with Gasteiger partial charge in [0.15, 0.2) is 6.61 Å². The van der Waals surface area contributed by atoms with Crippen LogP contribution >= 0.6 is 0 Å². The van der Waals surface area contributed by atoms with Gasteiger partial charge in [0.05, 0.1) is 12.2 Å². The minimum absolute atomic E-state index is 0.0577. The van der Waals surface area contributed by atoms with Gasteiger partial charge in [0, 0.05) is 13.1 Å². The average Bonchev–Trinajstić information content (AvgIpc) is 2.56. The topological polar surface area (TPSA) is 38.8 Å². The largest absolute Gasteiger partial charge is 0.483 e. The molecule has 1 amide bonds. The number of rotatable bonds is 3. The van der Waals surface area contributed by atoms with E-state index in [4.69, 9.17) is 9.47 Å². The zero-order chi connectivity index (χ0) is 17.2. The maximum atomic E-state index is 12.4. The van der Waals surface area contributed by atoms with Crippen LogP contribution in [0.5, 0.6) is 5.75 Å². The number of likely N-dealkylation sites (tertiary alicyclic amines) is 1. The fourth-order valence-corrected chi connectivity index (χ4v) is 3.51. The van der Waals surface area contributed by atoms with Crippen LogP contribution in [0.25, 0.3) is 0 Å². The van der Waals surface area contributed by atoms with E-state index in [-0.39, 0.29) is 18.1 Å². The molecule has 4 nitrogen and oxygen atoms in total. The van der Waals surface area contributed by atoms with Gasteiger partial charge in [-0.05, 0) is 57.2 Å². The normalized spacial score (nSPS) is 20.0. The van der Waals surface area contributed by atoms with Gasteiger partial charge in [-0.25, -0.2) is 0 Å². The first kappa shape index (κ1) is 17.0. The Hall–Kier alpha value is -1.81. The lowest BCUT2D eigenvalue weighted by molar-refractivity contribution is -0.138. The van der Waals surface area contributed by atoms with Gasteiger partial charge in [0.1, 0.15) is 5.75 Å². The summed E-state index contributed by atoms with van der Waals surface area (Å²) >= 11 is 0. The Morgan fingerprint density at radius 1 is 1.25 bits per heavy atom. The lowest BCUT2D eigenvalue weighted by Gasteiger charge is -2.42. The summed E-state index contributed by atoms with van der Waals surface area (Å²) in [5.41, 5.74) is 3.53. The first-order valence-corrected chi connectivity index (χ1v) is 8.78. The molecular formula is C20H27NO3. The molecule has 0 saturated carbocycles. The van der Waals surface area contributed by atoms with Crippen LogP contribution in [0.15, 0.2) is 29.8 Å². The van der Waals surface area contributed by atoms with Crippen molar-refractivity contribution in [2.45, 2.75) is 45.6 Å². The van der Waals surface area contributed by atoms with Gasteiger partial charge in [-0.3, -0.25) is 4.79 Å². The predicted octanol–water partition coefficient (Wildman–Crippen LogP) is 3.41. The highest BCUT2D eigenvalue weighted by molar-refractivity contribution is 5.78. The first-order chi connectivity index (χ1) is 11.5. The van der Waals surface area contributed by atoms with Crippen molar-refractivity contribution in [3.8, 4) is 5.75 Å². The molecule has 2 aliphatic rings. The number of carbonyl (C=O) groups is 1. The SMILES string of the molecule is CC1=CC2(CCN(C(=O)COc3cccc(C)c3C)CC2)OCC1. The molecule has 130 valence electrons. The first-order valence-electron chi connectivity index (χ1n) is 8.78. The van der Waals surface area contributed by atoms with Crippen molar-refractivity contribution in [2.75, 3.05) is 26.3 Å². The Morgan fingerprint density at radius 2 is 2.00 bits per heavy atom.